The van der Waals surface area contributed by atoms with Crippen molar-refractivity contribution in [2.24, 2.45) is 0 Å². The molecule has 208 valence electrons. The van der Waals surface area contributed by atoms with Crippen LogP contribution in [0.1, 0.15) is 5.56 Å². The molecule has 0 aliphatic carbocycles. The second-order valence-electron chi connectivity index (χ2n) is 9.90. The van der Waals surface area contributed by atoms with Crippen molar-refractivity contribution in [3.05, 3.63) is 71.6 Å². The topological polar surface area (TPSA) is 158 Å². The van der Waals surface area contributed by atoms with Gasteiger partial charge in [-0.1, -0.05) is 35.9 Å². The molecule has 6 heterocycles. The zero-order valence-corrected chi connectivity index (χ0v) is 22.1. The molecule has 0 spiro atoms. The third kappa shape index (κ3) is 4.91. The minimum Gasteiger partial charge on any atom is -0.481 e. The lowest BCUT2D eigenvalue weighted by molar-refractivity contribution is -0.136. The van der Waals surface area contributed by atoms with Gasteiger partial charge in [-0.15, -0.1) is 0 Å². The summed E-state index contributed by atoms with van der Waals surface area (Å²) in [4.78, 5) is 27.6. The van der Waals surface area contributed by atoms with E-state index in [2.05, 4.69) is 25.0 Å². The fourth-order valence-electron chi connectivity index (χ4n) is 5.11. The number of ether oxygens (including phenoxy) is 3. The number of nitrogens with one attached hydrogen (secondary N) is 1. The largest absolute Gasteiger partial charge is 0.481 e. The SMILES string of the molecule is O=C(O)Cc1cnn(-c2ccc(-c3ccc(-c4nc5nc(O[C@@H]6CO[C@H]7[C@@H]6OC[C@H]7O)[nH]c5cc4Cl)cc3)cn2)c1. The number of hydrogen-bond donors (Lipinski definition) is 3. The Labute approximate surface area is 237 Å². The number of aromatic amines is 1. The van der Waals surface area contributed by atoms with Crippen molar-refractivity contribution < 1.29 is 29.2 Å². The standard InChI is InChI=1S/C28H23ClN6O6/c29-18-8-19-27(34-28(32-19)41-21-13-40-25-20(36)12-39-26(21)25)33-24(18)16-3-1-15(2-4-16)17-5-6-22(30-10-17)35-11-14(9-31-35)7-23(37)38/h1-6,8-11,20-21,25-26,36H,7,12-13H2,(H,37,38)(H,32,33,34)/t20-,21-,25-,26-/m1/s1. The predicted octanol–water partition coefficient (Wildman–Crippen LogP) is 3.06. The molecule has 13 heteroatoms. The maximum Gasteiger partial charge on any atom is 0.307 e. The molecule has 2 aliphatic heterocycles. The van der Waals surface area contributed by atoms with Crippen LogP contribution >= 0.6 is 11.6 Å². The van der Waals surface area contributed by atoms with Crippen molar-refractivity contribution >= 4 is 28.7 Å². The van der Waals surface area contributed by atoms with E-state index in [-0.39, 0.29) is 25.1 Å². The summed E-state index contributed by atoms with van der Waals surface area (Å²) < 4.78 is 18.8. The third-order valence-electron chi connectivity index (χ3n) is 7.12. The molecular formula is C28H23ClN6O6. The van der Waals surface area contributed by atoms with Crippen LogP contribution in [-0.4, -0.2) is 83.5 Å². The van der Waals surface area contributed by atoms with E-state index >= 15 is 0 Å². The van der Waals surface area contributed by atoms with Crippen LogP contribution in [0, 0.1) is 0 Å². The lowest BCUT2D eigenvalue weighted by atomic mass is 10.0. The van der Waals surface area contributed by atoms with Gasteiger partial charge in [0.25, 0.3) is 6.01 Å². The Morgan fingerprint density at radius 1 is 1.05 bits per heavy atom. The van der Waals surface area contributed by atoms with Gasteiger partial charge in [0.15, 0.2) is 17.6 Å². The summed E-state index contributed by atoms with van der Waals surface area (Å²) in [6.45, 7) is 0.517. The van der Waals surface area contributed by atoms with Gasteiger partial charge in [-0.3, -0.25) is 4.79 Å². The summed E-state index contributed by atoms with van der Waals surface area (Å²) >= 11 is 6.60. The van der Waals surface area contributed by atoms with Crippen LogP contribution in [0.25, 0.3) is 39.4 Å². The predicted molar refractivity (Wildman–Crippen MR) is 146 cm³/mol. The first-order chi connectivity index (χ1) is 19.9. The van der Waals surface area contributed by atoms with Crippen LogP contribution in [-0.2, 0) is 20.7 Å². The number of hydrogen-bond acceptors (Lipinski definition) is 9. The second-order valence-corrected chi connectivity index (χ2v) is 10.3. The summed E-state index contributed by atoms with van der Waals surface area (Å²) in [7, 11) is 0. The summed E-state index contributed by atoms with van der Waals surface area (Å²) in [5, 5.41) is 23.6. The summed E-state index contributed by atoms with van der Waals surface area (Å²) in [6, 6.07) is 13.6. The van der Waals surface area contributed by atoms with Crippen LogP contribution in [0.4, 0.5) is 0 Å². The highest BCUT2D eigenvalue weighted by Crippen LogP contribution is 2.33. The van der Waals surface area contributed by atoms with Gasteiger partial charge in [-0.2, -0.15) is 10.1 Å². The van der Waals surface area contributed by atoms with Crippen molar-refractivity contribution in [3.63, 3.8) is 0 Å². The zero-order chi connectivity index (χ0) is 28.1. The molecule has 1 aromatic carbocycles. The highest BCUT2D eigenvalue weighted by molar-refractivity contribution is 6.33. The number of H-pyrrole nitrogens is 1. The number of aliphatic carboxylic acids is 1. The van der Waals surface area contributed by atoms with E-state index in [1.54, 1.807) is 23.1 Å². The number of halogens is 1. The van der Waals surface area contributed by atoms with Crippen LogP contribution in [0.2, 0.25) is 5.02 Å². The van der Waals surface area contributed by atoms with E-state index in [1.807, 2.05) is 36.4 Å². The molecule has 41 heavy (non-hydrogen) atoms. The third-order valence-corrected chi connectivity index (χ3v) is 7.40. The fourth-order valence-corrected chi connectivity index (χ4v) is 5.37. The first kappa shape index (κ1) is 25.6. The summed E-state index contributed by atoms with van der Waals surface area (Å²) in [6.07, 6.45) is 3.03. The quantitative estimate of drug-likeness (QED) is 0.264. The summed E-state index contributed by atoms with van der Waals surface area (Å²) in [5.41, 5.74) is 4.94. The van der Waals surface area contributed by atoms with Gasteiger partial charge in [-0.25, -0.2) is 14.6 Å². The van der Waals surface area contributed by atoms with Gasteiger partial charge < -0.3 is 29.4 Å². The average Bonchev–Trinajstić information content (AvgIpc) is 3.75. The summed E-state index contributed by atoms with van der Waals surface area (Å²) in [5.74, 6) is -0.326. The van der Waals surface area contributed by atoms with E-state index in [1.165, 1.54) is 6.20 Å². The van der Waals surface area contributed by atoms with Gasteiger partial charge in [0, 0.05) is 29.1 Å². The molecule has 0 bridgehead atoms. The molecule has 3 N–H and O–H groups in total. The van der Waals surface area contributed by atoms with Crippen molar-refractivity contribution in [1.29, 1.82) is 0 Å². The number of benzene rings is 1. The molecule has 0 saturated carbocycles. The van der Waals surface area contributed by atoms with Gasteiger partial charge in [0.05, 0.1) is 42.1 Å². The van der Waals surface area contributed by atoms with E-state index in [0.717, 1.165) is 16.7 Å². The lowest BCUT2D eigenvalue weighted by Gasteiger charge is -2.15. The van der Waals surface area contributed by atoms with Gasteiger partial charge in [-0.05, 0) is 23.8 Å². The maximum absolute atomic E-state index is 10.9. The number of carbonyl (C=O) groups is 1. The second kappa shape index (κ2) is 10.2. The molecule has 7 rings (SSSR count). The number of carboxylic acid groups (broad SMARTS) is 1. The number of aromatic nitrogens is 6. The molecule has 4 aromatic heterocycles. The number of nitrogens with zero attached hydrogens (tertiary/aromatic N) is 5. The van der Waals surface area contributed by atoms with Gasteiger partial charge in [0.1, 0.15) is 18.3 Å². The van der Waals surface area contributed by atoms with Crippen LogP contribution in [0.3, 0.4) is 0 Å². The highest BCUT2D eigenvalue weighted by atomic mass is 35.5. The lowest BCUT2D eigenvalue weighted by Crippen LogP contribution is -2.34. The molecule has 4 atom stereocenters. The van der Waals surface area contributed by atoms with Crippen molar-refractivity contribution in [3.8, 4) is 34.2 Å². The molecule has 5 aromatic rings. The fraction of sp³-hybridized carbons (Fsp3) is 0.250. The number of imidazole rings is 1. The van der Waals surface area contributed by atoms with E-state index < -0.39 is 24.3 Å². The normalized spacial score (nSPS) is 21.8. The van der Waals surface area contributed by atoms with Gasteiger partial charge >= 0.3 is 5.97 Å². The monoisotopic (exact) mass is 574 g/mol. The molecule has 0 radical (unpaired) electrons. The Balaban J connectivity index is 1.07. The first-order valence-corrected chi connectivity index (χ1v) is 13.3. The van der Waals surface area contributed by atoms with Crippen LogP contribution in [0.15, 0.2) is 61.1 Å². The molecular weight excluding hydrogens is 552 g/mol. The Bertz CT molecular complexity index is 1740. The van der Waals surface area contributed by atoms with Crippen LogP contribution < -0.4 is 4.74 Å². The van der Waals surface area contributed by atoms with E-state index in [0.29, 0.717) is 39.9 Å². The molecule has 12 nitrogen and oxygen atoms in total. The number of carboxylic acids is 1. The minimum absolute atomic E-state index is 0.0940. The smallest absolute Gasteiger partial charge is 0.307 e. The van der Waals surface area contributed by atoms with Crippen LogP contribution in [0.5, 0.6) is 6.01 Å². The van der Waals surface area contributed by atoms with E-state index in [9.17, 15) is 9.90 Å². The molecule has 2 aliphatic rings. The maximum atomic E-state index is 10.9. The Hall–Kier alpha value is -4.36. The van der Waals surface area contributed by atoms with Gasteiger partial charge in [0.2, 0.25) is 0 Å². The Morgan fingerprint density at radius 3 is 2.61 bits per heavy atom. The first-order valence-electron chi connectivity index (χ1n) is 12.9. The highest BCUT2D eigenvalue weighted by Gasteiger charge is 2.48. The van der Waals surface area contributed by atoms with Crippen molar-refractivity contribution in [2.45, 2.75) is 30.8 Å². The minimum atomic E-state index is -0.912. The number of aliphatic hydroxyl groups excluding tert-OH is 1. The van der Waals surface area contributed by atoms with Crippen molar-refractivity contribution in [1.82, 2.24) is 29.7 Å². The molecule has 0 unspecified atom stereocenters. The Kier molecular flexibility index (Phi) is 6.39. The zero-order valence-electron chi connectivity index (χ0n) is 21.3. The molecule has 2 saturated heterocycles. The number of fused-ring (bicyclic) bond motifs is 2. The number of pyridine rings is 2. The molecule has 2 fully saturated rings. The Morgan fingerprint density at radius 2 is 1.83 bits per heavy atom. The number of aliphatic hydroxyl groups is 1. The molecule has 0 amide bonds. The average molecular weight is 575 g/mol. The van der Waals surface area contributed by atoms with Crippen molar-refractivity contribution in [2.75, 3.05) is 13.2 Å². The number of rotatable bonds is 7. The van der Waals surface area contributed by atoms with E-state index in [4.69, 9.17) is 30.9 Å².